The predicted molar refractivity (Wildman–Crippen MR) is 116 cm³/mol. The molecule has 0 aliphatic carbocycles. The van der Waals surface area contributed by atoms with Crippen molar-refractivity contribution >= 4 is 10.9 Å². The van der Waals surface area contributed by atoms with Crippen LogP contribution in [0.15, 0.2) is 67.1 Å². The molecular weight excluding hydrogens is 377 g/mol. The molecule has 1 N–H and O–H groups in total. The second kappa shape index (κ2) is 7.97. The van der Waals surface area contributed by atoms with E-state index in [1.807, 2.05) is 30.7 Å². The third-order valence-corrected chi connectivity index (χ3v) is 5.90. The number of pyridine rings is 1. The number of hydrogen-bond acceptors (Lipinski definition) is 4. The van der Waals surface area contributed by atoms with Crippen molar-refractivity contribution in [2.75, 3.05) is 26.7 Å². The Morgan fingerprint density at radius 3 is 2.73 bits per heavy atom. The Bertz CT molecular complexity index is 1150. The molecule has 3 heterocycles. The summed E-state index contributed by atoms with van der Waals surface area (Å²) in [4.78, 5) is 9.31. The summed E-state index contributed by atoms with van der Waals surface area (Å²) in [6.45, 7) is 3.71. The van der Waals surface area contributed by atoms with Gasteiger partial charge in [0.2, 0.25) is 0 Å². The molecule has 1 saturated heterocycles. The van der Waals surface area contributed by atoms with Crippen LogP contribution in [0.1, 0.15) is 17.2 Å². The monoisotopic (exact) mass is 401 g/mol. The van der Waals surface area contributed by atoms with Gasteiger partial charge in [-0.15, -0.1) is 0 Å². The summed E-state index contributed by atoms with van der Waals surface area (Å²) in [5.74, 6) is -0.194. The number of aromatic nitrogens is 3. The number of nitrogens with zero attached hydrogens (tertiary/aromatic N) is 4. The lowest BCUT2D eigenvalue weighted by atomic mass is 10.0. The summed E-state index contributed by atoms with van der Waals surface area (Å²) in [6.07, 6.45) is 5.69. The molecule has 0 saturated carbocycles. The Morgan fingerprint density at radius 1 is 1.00 bits per heavy atom. The van der Waals surface area contributed by atoms with Crippen molar-refractivity contribution in [3.8, 4) is 11.1 Å². The molecule has 0 bridgehead atoms. The van der Waals surface area contributed by atoms with Gasteiger partial charge in [-0.1, -0.05) is 18.2 Å². The number of fused-ring (bicyclic) bond motifs is 1. The van der Waals surface area contributed by atoms with Gasteiger partial charge in [-0.3, -0.25) is 15.0 Å². The van der Waals surface area contributed by atoms with Crippen LogP contribution >= 0.6 is 0 Å². The first-order valence-electron chi connectivity index (χ1n) is 10.2. The number of nitrogens with one attached hydrogen (secondary N) is 1. The van der Waals surface area contributed by atoms with Crippen LogP contribution in [0.2, 0.25) is 0 Å². The van der Waals surface area contributed by atoms with Gasteiger partial charge < -0.3 is 4.90 Å². The van der Waals surface area contributed by atoms with E-state index in [4.69, 9.17) is 0 Å². The molecular formula is C24H24FN5. The minimum atomic E-state index is -0.194. The molecule has 1 atom stereocenters. The molecule has 0 spiro atoms. The number of H-pyrrole nitrogens is 1. The fourth-order valence-electron chi connectivity index (χ4n) is 4.24. The van der Waals surface area contributed by atoms with E-state index >= 15 is 0 Å². The number of piperazine rings is 1. The van der Waals surface area contributed by atoms with E-state index in [2.05, 4.69) is 56.3 Å². The molecule has 2 aromatic heterocycles. The van der Waals surface area contributed by atoms with Gasteiger partial charge in [0.15, 0.2) is 0 Å². The summed E-state index contributed by atoms with van der Waals surface area (Å²) in [5.41, 5.74) is 5.59. The molecule has 30 heavy (non-hydrogen) atoms. The average Bonchev–Trinajstić information content (AvgIpc) is 3.24. The smallest absolute Gasteiger partial charge is 0.123 e. The van der Waals surface area contributed by atoms with Gasteiger partial charge in [0.25, 0.3) is 0 Å². The maximum absolute atomic E-state index is 13.4. The number of likely N-dealkylation sites (N-methyl/N-ethyl adjacent to an activating group) is 1. The molecule has 1 aliphatic heterocycles. The van der Waals surface area contributed by atoms with Crippen LogP contribution in [0, 0.1) is 5.82 Å². The zero-order valence-electron chi connectivity index (χ0n) is 16.9. The van der Waals surface area contributed by atoms with Gasteiger partial charge in [0.1, 0.15) is 5.82 Å². The topological polar surface area (TPSA) is 48.0 Å². The number of benzene rings is 2. The largest absolute Gasteiger partial charge is 0.303 e. The van der Waals surface area contributed by atoms with Crippen LogP contribution in [0.5, 0.6) is 0 Å². The molecule has 0 amide bonds. The maximum atomic E-state index is 13.4. The molecule has 1 fully saturated rings. The molecule has 5 rings (SSSR count). The summed E-state index contributed by atoms with van der Waals surface area (Å²) in [5, 5.41) is 8.19. The molecule has 0 unspecified atom stereocenters. The standard InChI is InChI=1S/C24H24FN5/c1-29-8-9-30(24(16-29)18-2-5-22(25)6-3-18)15-17-10-20(13-26-12-17)19-4-7-23-21(11-19)14-27-28-23/h2-7,10-14,24H,8-9,15-16H2,1H3,(H,27,28)/t24-/m1/s1. The highest BCUT2D eigenvalue weighted by Crippen LogP contribution is 2.28. The first-order valence-corrected chi connectivity index (χ1v) is 10.2. The van der Waals surface area contributed by atoms with E-state index in [0.29, 0.717) is 0 Å². The number of aromatic amines is 1. The first kappa shape index (κ1) is 18.9. The predicted octanol–water partition coefficient (Wildman–Crippen LogP) is 4.25. The SMILES string of the molecule is CN1CCN(Cc2cncc(-c3ccc4[nH]ncc4c3)c2)[C@@H](c2ccc(F)cc2)C1. The van der Waals surface area contributed by atoms with E-state index in [1.165, 1.54) is 5.56 Å². The average molecular weight is 401 g/mol. The molecule has 2 aromatic carbocycles. The van der Waals surface area contributed by atoms with E-state index in [-0.39, 0.29) is 11.9 Å². The lowest BCUT2D eigenvalue weighted by molar-refractivity contribution is 0.0832. The zero-order valence-corrected chi connectivity index (χ0v) is 16.9. The second-order valence-electron chi connectivity index (χ2n) is 8.05. The van der Waals surface area contributed by atoms with Crippen LogP contribution in [0.3, 0.4) is 0 Å². The van der Waals surface area contributed by atoms with E-state index in [9.17, 15) is 4.39 Å². The zero-order chi connectivity index (χ0) is 20.5. The molecule has 1 aliphatic rings. The van der Waals surface area contributed by atoms with Gasteiger partial charge in [-0.25, -0.2) is 4.39 Å². The molecule has 4 aromatic rings. The summed E-state index contributed by atoms with van der Waals surface area (Å²) >= 11 is 0. The van der Waals surface area contributed by atoms with E-state index in [0.717, 1.165) is 53.8 Å². The van der Waals surface area contributed by atoms with E-state index in [1.54, 1.807) is 12.1 Å². The molecule has 5 nitrogen and oxygen atoms in total. The van der Waals surface area contributed by atoms with Gasteiger partial charge in [-0.2, -0.15) is 5.10 Å². The van der Waals surface area contributed by atoms with Crippen LogP contribution in [-0.2, 0) is 6.54 Å². The van der Waals surface area contributed by atoms with Gasteiger partial charge in [-0.05, 0) is 54.1 Å². The summed E-state index contributed by atoms with van der Waals surface area (Å²) in [6, 6.07) is 15.6. The number of hydrogen-bond donors (Lipinski definition) is 1. The van der Waals surface area contributed by atoms with Crippen LogP contribution in [-0.4, -0.2) is 51.7 Å². The summed E-state index contributed by atoms with van der Waals surface area (Å²) in [7, 11) is 2.14. The highest BCUT2D eigenvalue weighted by molar-refractivity contribution is 5.83. The Balaban J connectivity index is 1.41. The van der Waals surface area contributed by atoms with Gasteiger partial charge in [0.05, 0.1) is 11.7 Å². The lowest BCUT2D eigenvalue weighted by Gasteiger charge is -2.40. The lowest BCUT2D eigenvalue weighted by Crippen LogP contribution is -2.46. The first-order chi connectivity index (χ1) is 14.7. The Morgan fingerprint density at radius 2 is 1.87 bits per heavy atom. The summed E-state index contributed by atoms with van der Waals surface area (Å²) < 4.78 is 13.4. The third kappa shape index (κ3) is 3.84. The molecule has 6 heteroatoms. The fraction of sp³-hybridized carbons (Fsp3) is 0.250. The Hall–Kier alpha value is -3.09. The van der Waals surface area contributed by atoms with Crippen molar-refractivity contribution in [2.45, 2.75) is 12.6 Å². The second-order valence-corrected chi connectivity index (χ2v) is 8.05. The fourth-order valence-corrected chi connectivity index (χ4v) is 4.24. The normalized spacial score (nSPS) is 18.1. The molecule has 152 valence electrons. The van der Waals surface area contributed by atoms with Gasteiger partial charge >= 0.3 is 0 Å². The van der Waals surface area contributed by atoms with Crippen molar-refractivity contribution in [1.29, 1.82) is 0 Å². The van der Waals surface area contributed by atoms with Crippen LogP contribution < -0.4 is 0 Å². The minimum absolute atomic E-state index is 0.194. The van der Waals surface area contributed by atoms with Gasteiger partial charge in [0, 0.05) is 55.6 Å². The van der Waals surface area contributed by atoms with Crippen molar-refractivity contribution in [2.24, 2.45) is 0 Å². The molecule has 0 radical (unpaired) electrons. The minimum Gasteiger partial charge on any atom is -0.303 e. The number of halogens is 1. The van der Waals surface area contributed by atoms with E-state index < -0.39 is 0 Å². The van der Waals surface area contributed by atoms with Crippen molar-refractivity contribution in [3.63, 3.8) is 0 Å². The van der Waals surface area contributed by atoms with Crippen LogP contribution in [0.4, 0.5) is 4.39 Å². The third-order valence-electron chi connectivity index (χ3n) is 5.90. The quantitative estimate of drug-likeness (QED) is 0.555. The van der Waals surface area contributed by atoms with Crippen molar-refractivity contribution < 1.29 is 4.39 Å². The van der Waals surface area contributed by atoms with Crippen LogP contribution in [0.25, 0.3) is 22.0 Å². The van der Waals surface area contributed by atoms with Crippen molar-refractivity contribution in [3.05, 3.63) is 84.1 Å². The highest BCUT2D eigenvalue weighted by atomic mass is 19.1. The maximum Gasteiger partial charge on any atom is 0.123 e. The highest BCUT2D eigenvalue weighted by Gasteiger charge is 2.26. The Kier molecular flexibility index (Phi) is 5.02. The Labute approximate surface area is 175 Å². The van der Waals surface area contributed by atoms with Crippen molar-refractivity contribution in [1.82, 2.24) is 25.0 Å². The number of rotatable bonds is 4.